The topological polar surface area (TPSA) is 42.2 Å². The molecule has 110 valence electrons. The van der Waals surface area contributed by atoms with E-state index < -0.39 is 0 Å². The lowest BCUT2D eigenvalue weighted by atomic mass is 10.2. The Balaban J connectivity index is 1.75. The van der Waals surface area contributed by atoms with Crippen LogP contribution in [0.3, 0.4) is 0 Å². The minimum Gasteiger partial charge on any atom is -0.376 e. The molecule has 0 saturated heterocycles. The first-order valence-electron chi connectivity index (χ1n) is 7.11. The number of nitrogens with two attached hydrogens (primary N) is 1. The summed E-state index contributed by atoms with van der Waals surface area (Å²) in [5.41, 5.74) is 8.83. The molecule has 2 heterocycles. The Morgan fingerprint density at radius 3 is 3.18 bits per heavy atom. The van der Waals surface area contributed by atoms with Crippen LogP contribution in [-0.4, -0.2) is 23.5 Å². The minimum atomic E-state index is 0.557. The molecule has 0 bridgehead atoms. The summed E-state index contributed by atoms with van der Waals surface area (Å²) in [5.74, 6) is 6.19. The van der Waals surface area contributed by atoms with E-state index in [4.69, 9.17) is 5.73 Å². The lowest BCUT2D eigenvalue weighted by molar-refractivity contribution is 0.502. The summed E-state index contributed by atoms with van der Waals surface area (Å²) in [5, 5.41) is 0.962. The van der Waals surface area contributed by atoms with Crippen molar-refractivity contribution in [1.82, 2.24) is 9.88 Å². The van der Waals surface area contributed by atoms with Crippen LogP contribution in [0.25, 0.3) is 16.3 Å². The monoisotopic (exact) mass is 307 g/mol. The van der Waals surface area contributed by atoms with E-state index in [1.807, 2.05) is 43.6 Å². The maximum Gasteiger partial charge on any atom is 0.117 e. The molecule has 1 aromatic carbocycles. The molecule has 1 aromatic heterocycles. The Morgan fingerprint density at radius 2 is 2.36 bits per heavy atom. The van der Waals surface area contributed by atoms with E-state index in [0.717, 1.165) is 32.9 Å². The quantitative estimate of drug-likeness (QED) is 0.867. The molecule has 1 aliphatic heterocycles. The third-order valence-electron chi connectivity index (χ3n) is 3.28. The molecule has 0 fully saturated rings. The number of aromatic nitrogens is 1. The van der Waals surface area contributed by atoms with Crippen molar-refractivity contribution in [3.63, 3.8) is 0 Å². The van der Waals surface area contributed by atoms with Crippen molar-refractivity contribution >= 4 is 27.6 Å². The highest BCUT2D eigenvalue weighted by Gasteiger charge is 2.01. The second-order valence-corrected chi connectivity index (χ2v) is 6.15. The fraction of sp³-hybridized carbons (Fsp3) is 0.167. The fourth-order valence-electron chi connectivity index (χ4n) is 2.18. The second kappa shape index (κ2) is 6.61. The smallest absolute Gasteiger partial charge is 0.117 e. The van der Waals surface area contributed by atoms with E-state index in [-0.39, 0.29) is 0 Å². The zero-order valence-electron chi connectivity index (χ0n) is 12.4. The highest BCUT2D eigenvalue weighted by Crippen LogP contribution is 2.24. The number of likely N-dealkylation sites (N-methyl/N-ethyl adjacent to an activating group) is 1. The van der Waals surface area contributed by atoms with Crippen LogP contribution in [0.2, 0.25) is 0 Å². The molecular weight excluding hydrogens is 290 g/mol. The average Bonchev–Trinajstić information content (AvgIpc) is 2.93. The van der Waals surface area contributed by atoms with Crippen LogP contribution >= 0.6 is 11.3 Å². The number of hydrogen-bond acceptors (Lipinski definition) is 4. The summed E-state index contributed by atoms with van der Waals surface area (Å²) in [6.45, 7) is 1.50. The predicted octanol–water partition coefficient (Wildman–Crippen LogP) is 3.16. The van der Waals surface area contributed by atoms with Gasteiger partial charge in [-0.2, -0.15) is 0 Å². The van der Waals surface area contributed by atoms with Gasteiger partial charge in [0.2, 0.25) is 0 Å². The van der Waals surface area contributed by atoms with E-state index in [2.05, 4.69) is 33.9 Å². The Hall–Kier alpha value is -2.35. The number of fused-ring (bicyclic) bond motifs is 1. The van der Waals surface area contributed by atoms with Gasteiger partial charge in [-0.3, -0.25) is 0 Å². The lowest BCUT2D eigenvalue weighted by Crippen LogP contribution is -2.13. The molecule has 22 heavy (non-hydrogen) atoms. The minimum absolute atomic E-state index is 0.557. The molecule has 0 atom stereocenters. The van der Waals surface area contributed by atoms with Crippen LogP contribution in [0, 0.1) is 11.8 Å². The summed E-state index contributed by atoms with van der Waals surface area (Å²) in [6, 6.07) is 6.14. The van der Waals surface area contributed by atoms with Crippen LogP contribution in [0.15, 0.2) is 48.2 Å². The molecule has 1 aliphatic rings. The van der Waals surface area contributed by atoms with Crippen LogP contribution in [0.5, 0.6) is 0 Å². The molecular formula is C18H17N3S. The Labute approximate surface area is 134 Å². The summed E-state index contributed by atoms with van der Waals surface area (Å²) in [4.78, 5) is 6.68. The number of hydrogen-bond donors (Lipinski definition) is 1. The number of allylic oxidation sites excluding steroid dienone is 3. The zero-order valence-corrected chi connectivity index (χ0v) is 13.2. The fourth-order valence-corrected chi connectivity index (χ4v) is 3.11. The normalized spacial score (nSPS) is 14.3. The Kier molecular flexibility index (Phi) is 4.38. The largest absolute Gasteiger partial charge is 0.376 e. The van der Waals surface area contributed by atoms with Gasteiger partial charge in [0, 0.05) is 31.9 Å². The number of rotatable bonds is 2. The summed E-state index contributed by atoms with van der Waals surface area (Å²) in [7, 11) is 2.04. The van der Waals surface area contributed by atoms with E-state index >= 15 is 0 Å². The van der Waals surface area contributed by atoms with Crippen LogP contribution in [-0.2, 0) is 6.54 Å². The molecule has 0 radical (unpaired) electrons. The first-order chi connectivity index (χ1) is 10.7. The van der Waals surface area contributed by atoms with Crippen molar-refractivity contribution in [1.29, 1.82) is 0 Å². The van der Waals surface area contributed by atoms with Gasteiger partial charge in [0.15, 0.2) is 0 Å². The summed E-state index contributed by atoms with van der Waals surface area (Å²) < 4.78 is 1.16. The van der Waals surface area contributed by atoms with Gasteiger partial charge in [-0.15, -0.1) is 11.3 Å². The van der Waals surface area contributed by atoms with Crippen LogP contribution in [0.1, 0.15) is 10.6 Å². The first-order valence-corrected chi connectivity index (χ1v) is 7.92. The van der Waals surface area contributed by atoms with Gasteiger partial charge in [0.25, 0.3) is 0 Å². The van der Waals surface area contributed by atoms with Gasteiger partial charge in [-0.1, -0.05) is 24.0 Å². The van der Waals surface area contributed by atoms with Crippen molar-refractivity contribution in [3.05, 3.63) is 58.8 Å². The first kappa shape index (κ1) is 14.6. The molecule has 0 spiro atoms. The molecule has 0 saturated carbocycles. The number of thiazole rings is 1. The summed E-state index contributed by atoms with van der Waals surface area (Å²) in [6.07, 6.45) is 10.0. The van der Waals surface area contributed by atoms with E-state index in [1.165, 1.54) is 0 Å². The van der Waals surface area contributed by atoms with Gasteiger partial charge in [0.05, 0.1) is 10.2 Å². The summed E-state index contributed by atoms with van der Waals surface area (Å²) >= 11 is 1.66. The highest BCUT2D eigenvalue weighted by molar-refractivity contribution is 7.19. The van der Waals surface area contributed by atoms with Crippen LogP contribution < -0.4 is 5.73 Å². The number of benzene rings is 1. The maximum atomic E-state index is 5.66. The average molecular weight is 307 g/mol. The Morgan fingerprint density at radius 1 is 1.45 bits per heavy atom. The van der Waals surface area contributed by atoms with E-state index in [0.29, 0.717) is 6.54 Å². The molecule has 0 amide bonds. The van der Waals surface area contributed by atoms with Crippen molar-refractivity contribution < 1.29 is 0 Å². The van der Waals surface area contributed by atoms with Crippen molar-refractivity contribution in [2.75, 3.05) is 13.6 Å². The molecule has 2 aromatic rings. The molecule has 3 rings (SSSR count). The van der Waals surface area contributed by atoms with Crippen molar-refractivity contribution in [2.24, 2.45) is 5.73 Å². The third-order valence-corrected chi connectivity index (χ3v) is 4.26. The molecule has 2 N–H and O–H groups in total. The van der Waals surface area contributed by atoms with E-state index in [1.54, 1.807) is 11.3 Å². The van der Waals surface area contributed by atoms with Gasteiger partial charge in [0.1, 0.15) is 5.01 Å². The van der Waals surface area contributed by atoms with Gasteiger partial charge < -0.3 is 10.6 Å². The Bertz CT molecular complexity index is 831. The standard InChI is InChI=1S/C18H17N3S/c1-21-10-4-6-14(13-21)5-2-3-7-18-20-16-9-8-15(12-19)11-17(16)22-18/h3-4,6-9,11,13H,10,12,19H2,1H3/b7-3+. The third kappa shape index (κ3) is 3.45. The van der Waals surface area contributed by atoms with Crippen LogP contribution in [0.4, 0.5) is 0 Å². The lowest BCUT2D eigenvalue weighted by Gasteiger charge is -2.14. The van der Waals surface area contributed by atoms with Gasteiger partial charge in [-0.05, 0) is 35.9 Å². The molecule has 0 aliphatic carbocycles. The molecule has 4 heteroatoms. The predicted molar refractivity (Wildman–Crippen MR) is 94.2 cm³/mol. The van der Waals surface area contributed by atoms with Crippen molar-refractivity contribution in [3.8, 4) is 11.8 Å². The van der Waals surface area contributed by atoms with Gasteiger partial charge >= 0.3 is 0 Å². The maximum absolute atomic E-state index is 5.66. The van der Waals surface area contributed by atoms with Crippen molar-refractivity contribution in [2.45, 2.75) is 6.54 Å². The van der Waals surface area contributed by atoms with E-state index in [9.17, 15) is 0 Å². The highest BCUT2D eigenvalue weighted by atomic mass is 32.1. The second-order valence-electron chi connectivity index (χ2n) is 5.09. The number of nitrogens with zero attached hydrogens (tertiary/aromatic N) is 2. The molecule has 3 nitrogen and oxygen atoms in total. The molecule has 0 unspecified atom stereocenters. The zero-order chi connectivity index (χ0) is 15.4. The van der Waals surface area contributed by atoms with Gasteiger partial charge in [-0.25, -0.2) is 4.98 Å². The SMILES string of the molecule is CN1C=C(C#C/C=C/c2nc3ccc(CN)cc3s2)C=CC1.